The topological polar surface area (TPSA) is 78.8 Å². The number of rotatable bonds is 5. The number of nitrogens with two attached hydrogens (primary N) is 1. The van der Waals surface area contributed by atoms with E-state index in [1.807, 2.05) is 31.5 Å². The number of fused-ring (bicyclic) bond motifs is 1. The summed E-state index contributed by atoms with van der Waals surface area (Å²) in [5, 5.41) is 0. The molecule has 0 radical (unpaired) electrons. The second kappa shape index (κ2) is 7.12. The summed E-state index contributed by atoms with van der Waals surface area (Å²) in [6, 6.07) is 10.4. The van der Waals surface area contributed by atoms with E-state index in [1.165, 1.54) is 11.1 Å². The van der Waals surface area contributed by atoms with Crippen molar-refractivity contribution in [2.75, 3.05) is 12.3 Å². The Balaban J connectivity index is 1.50. The molecular formula is C21H25N5O. The second-order valence-corrected chi connectivity index (χ2v) is 7.40. The zero-order valence-corrected chi connectivity index (χ0v) is 15.8. The maximum Gasteiger partial charge on any atom is 0.222 e. The lowest BCUT2D eigenvalue weighted by Crippen LogP contribution is -2.15. The lowest BCUT2D eigenvalue weighted by Gasteiger charge is -2.18. The number of imidazole rings is 1. The van der Waals surface area contributed by atoms with Gasteiger partial charge in [0.25, 0.3) is 0 Å². The summed E-state index contributed by atoms with van der Waals surface area (Å²) in [4.78, 5) is 13.1. The zero-order valence-electron chi connectivity index (χ0n) is 15.8. The van der Waals surface area contributed by atoms with E-state index in [2.05, 4.69) is 45.2 Å². The first-order valence-corrected chi connectivity index (χ1v) is 9.31. The number of aryl methyl sites for hydroxylation is 1. The summed E-state index contributed by atoms with van der Waals surface area (Å²) in [6.45, 7) is 9.86. The van der Waals surface area contributed by atoms with E-state index in [0.717, 1.165) is 23.3 Å². The van der Waals surface area contributed by atoms with Crippen LogP contribution < -0.4 is 5.73 Å². The normalized spacial score (nSPS) is 22.6. The first-order valence-electron chi connectivity index (χ1n) is 9.31. The number of anilines is 1. The molecule has 1 saturated carbocycles. The van der Waals surface area contributed by atoms with E-state index in [1.54, 1.807) is 0 Å². The minimum absolute atomic E-state index is 0.157. The van der Waals surface area contributed by atoms with Crippen LogP contribution >= 0.6 is 0 Å². The van der Waals surface area contributed by atoms with Gasteiger partial charge in [0.05, 0.1) is 31.3 Å². The van der Waals surface area contributed by atoms with Gasteiger partial charge in [0, 0.05) is 5.92 Å². The van der Waals surface area contributed by atoms with Crippen LogP contribution in [-0.4, -0.2) is 26.1 Å². The number of ether oxygens (including phenoxy) is 1. The lowest BCUT2D eigenvalue weighted by molar-refractivity contribution is 0.0872. The monoisotopic (exact) mass is 363 g/mol. The van der Waals surface area contributed by atoms with Crippen LogP contribution in [0.4, 0.5) is 5.95 Å². The third-order valence-corrected chi connectivity index (χ3v) is 5.54. The highest BCUT2D eigenvalue weighted by Gasteiger charge is 2.37. The Morgan fingerprint density at radius 2 is 2.04 bits per heavy atom. The molecule has 0 amide bonds. The van der Waals surface area contributed by atoms with Gasteiger partial charge in [0.15, 0.2) is 5.65 Å². The minimum atomic E-state index is 0.157. The standard InChI is InChI=1S/C21H25N5O/c1-13-9-18(26-12-23-19-15(3)24-21(22)25-20(19)26)14(2)17(13)11-27-10-16-7-5-4-6-8-16/h4-8,12-13,17-18H,2,9-11H2,1,3H3,(H2,22,24,25)/t13-,17+,18-/m0/s1. The number of nitrogen functional groups attached to an aromatic ring is 1. The second-order valence-electron chi connectivity index (χ2n) is 7.40. The van der Waals surface area contributed by atoms with Crippen LogP contribution in [0, 0.1) is 18.8 Å². The summed E-state index contributed by atoms with van der Waals surface area (Å²) in [7, 11) is 0. The van der Waals surface area contributed by atoms with Crippen molar-refractivity contribution < 1.29 is 4.74 Å². The molecule has 2 heterocycles. The lowest BCUT2D eigenvalue weighted by atomic mass is 9.96. The molecule has 6 nitrogen and oxygen atoms in total. The summed E-state index contributed by atoms with van der Waals surface area (Å²) in [5.41, 5.74) is 10.6. The molecule has 1 fully saturated rings. The molecule has 1 aliphatic carbocycles. The molecule has 27 heavy (non-hydrogen) atoms. The predicted octanol–water partition coefficient (Wildman–Crippen LogP) is 3.69. The van der Waals surface area contributed by atoms with Crippen LogP contribution in [0.3, 0.4) is 0 Å². The van der Waals surface area contributed by atoms with Gasteiger partial charge in [-0.2, -0.15) is 4.98 Å². The van der Waals surface area contributed by atoms with Gasteiger partial charge in [-0.25, -0.2) is 9.97 Å². The highest BCUT2D eigenvalue weighted by atomic mass is 16.5. The summed E-state index contributed by atoms with van der Waals surface area (Å²) in [5.74, 6) is 1.08. The fraction of sp³-hybridized carbons (Fsp3) is 0.381. The van der Waals surface area contributed by atoms with Crippen molar-refractivity contribution in [1.29, 1.82) is 0 Å². The fourth-order valence-corrected chi connectivity index (χ4v) is 4.03. The molecule has 0 saturated heterocycles. The molecule has 0 unspecified atom stereocenters. The Morgan fingerprint density at radius 3 is 2.81 bits per heavy atom. The highest BCUT2D eigenvalue weighted by molar-refractivity contribution is 5.74. The Hall–Kier alpha value is -2.73. The Kier molecular flexibility index (Phi) is 4.66. The van der Waals surface area contributed by atoms with Crippen LogP contribution in [0.15, 0.2) is 48.8 Å². The van der Waals surface area contributed by atoms with Gasteiger partial charge in [0.1, 0.15) is 5.52 Å². The van der Waals surface area contributed by atoms with Gasteiger partial charge in [-0.3, -0.25) is 0 Å². The number of nitrogens with zero attached hydrogens (tertiary/aromatic N) is 4. The largest absolute Gasteiger partial charge is 0.376 e. The maximum atomic E-state index is 6.00. The molecule has 3 atom stereocenters. The Bertz CT molecular complexity index is 965. The van der Waals surface area contributed by atoms with Crippen molar-refractivity contribution >= 4 is 17.1 Å². The molecule has 0 bridgehead atoms. The highest BCUT2D eigenvalue weighted by Crippen LogP contribution is 2.44. The van der Waals surface area contributed by atoms with E-state index in [-0.39, 0.29) is 12.0 Å². The molecule has 6 heteroatoms. The van der Waals surface area contributed by atoms with E-state index >= 15 is 0 Å². The third-order valence-electron chi connectivity index (χ3n) is 5.54. The van der Waals surface area contributed by atoms with Crippen molar-refractivity contribution in [3.8, 4) is 0 Å². The molecule has 0 spiro atoms. The van der Waals surface area contributed by atoms with Crippen LogP contribution in [-0.2, 0) is 11.3 Å². The minimum Gasteiger partial charge on any atom is -0.376 e. The van der Waals surface area contributed by atoms with E-state index in [4.69, 9.17) is 10.5 Å². The summed E-state index contributed by atoms with van der Waals surface area (Å²) >= 11 is 0. The molecule has 1 aliphatic rings. The average Bonchev–Trinajstić information content (AvgIpc) is 3.18. The van der Waals surface area contributed by atoms with E-state index < -0.39 is 0 Å². The first kappa shape index (κ1) is 17.7. The van der Waals surface area contributed by atoms with Gasteiger partial charge >= 0.3 is 0 Å². The SMILES string of the molecule is C=C1[C@H](COCc2ccccc2)[C@@H](C)C[C@@H]1n1cnc2c(C)nc(N)nc21. The first-order chi connectivity index (χ1) is 13.0. The molecule has 4 rings (SSSR count). The van der Waals surface area contributed by atoms with Gasteiger partial charge in [-0.05, 0) is 30.4 Å². The number of benzene rings is 1. The van der Waals surface area contributed by atoms with Crippen LogP contribution in [0.25, 0.3) is 11.2 Å². The third kappa shape index (κ3) is 3.32. The van der Waals surface area contributed by atoms with Crippen LogP contribution in [0.1, 0.15) is 30.6 Å². The smallest absolute Gasteiger partial charge is 0.222 e. The average molecular weight is 363 g/mol. The number of hydrogen-bond acceptors (Lipinski definition) is 5. The van der Waals surface area contributed by atoms with Crippen molar-refractivity contribution in [3.05, 3.63) is 60.1 Å². The zero-order chi connectivity index (χ0) is 19.0. The number of hydrogen-bond donors (Lipinski definition) is 1. The molecule has 3 aromatic rings. The summed E-state index contributed by atoms with van der Waals surface area (Å²) in [6.07, 6.45) is 2.83. The number of aromatic nitrogens is 4. The van der Waals surface area contributed by atoms with E-state index in [9.17, 15) is 0 Å². The van der Waals surface area contributed by atoms with Gasteiger partial charge in [-0.1, -0.05) is 43.8 Å². The van der Waals surface area contributed by atoms with Gasteiger partial charge in [-0.15, -0.1) is 0 Å². The molecule has 1 aromatic carbocycles. The van der Waals surface area contributed by atoms with Crippen molar-refractivity contribution in [1.82, 2.24) is 19.5 Å². The Labute approximate surface area is 159 Å². The predicted molar refractivity (Wildman–Crippen MR) is 106 cm³/mol. The van der Waals surface area contributed by atoms with Crippen molar-refractivity contribution in [2.24, 2.45) is 11.8 Å². The molecule has 2 N–H and O–H groups in total. The maximum absolute atomic E-state index is 6.00. The quantitative estimate of drug-likeness (QED) is 0.700. The van der Waals surface area contributed by atoms with Crippen LogP contribution in [0.2, 0.25) is 0 Å². The molecule has 140 valence electrons. The molecular weight excluding hydrogens is 338 g/mol. The Morgan fingerprint density at radius 1 is 1.26 bits per heavy atom. The molecule has 0 aliphatic heterocycles. The van der Waals surface area contributed by atoms with Crippen molar-refractivity contribution in [2.45, 2.75) is 32.9 Å². The van der Waals surface area contributed by atoms with Gasteiger partial charge in [0.2, 0.25) is 5.95 Å². The van der Waals surface area contributed by atoms with E-state index in [0.29, 0.717) is 25.0 Å². The summed E-state index contributed by atoms with van der Waals surface area (Å²) < 4.78 is 8.10. The van der Waals surface area contributed by atoms with Gasteiger partial charge < -0.3 is 15.0 Å². The molecule has 2 aromatic heterocycles. The van der Waals surface area contributed by atoms with Crippen molar-refractivity contribution in [3.63, 3.8) is 0 Å². The van der Waals surface area contributed by atoms with Crippen LogP contribution in [0.5, 0.6) is 0 Å². The fourth-order valence-electron chi connectivity index (χ4n) is 4.03.